The minimum absolute atomic E-state index is 0.209. The molecule has 0 N–H and O–H groups in total. The number of hydrogen-bond donors (Lipinski definition) is 0. The van der Waals surface area contributed by atoms with Crippen LogP contribution in [0.2, 0.25) is 0 Å². The molecule has 0 amide bonds. The van der Waals surface area contributed by atoms with E-state index in [9.17, 15) is 0 Å². The molecule has 1 aliphatic rings. The van der Waals surface area contributed by atoms with Crippen molar-refractivity contribution in [2.24, 2.45) is 16.8 Å². The van der Waals surface area contributed by atoms with Gasteiger partial charge >= 0.3 is 0 Å². The SMILES string of the molecule is CCC1=NC(C)(C)CC1C(C)C. The molecule has 0 aromatic carbocycles. The maximum atomic E-state index is 4.76. The van der Waals surface area contributed by atoms with Crippen LogP contribution in [0, 0.1) is 11.8 Å². The Morgan fingerprint density at radius 2 is 2.08 bits per heavy atom. The molecule has 1 nitrogen and oxygen atoms in total. The van der Waals surface area contributed by atoms with E-state index in [0.717, 1.165) is 18.3 Å². The molecule has 1 heteroatoms. The summed E-state index contributed by atoms with van der Waals surface area (Å²) < 4.78 is 0. The predicted molar refractivity (Wildman–Crippen MR) is 54.8 cm³/mol. The van der Waals surface area contributed by atoms with Gasteiger partial charge in [0.25, 0.3) is 0 Å². The molecule has 0 saturated carbocycles. The Hall–Kier alpha value is -0.330. The van der Waals surface area contributed by atoms with Crippen molar-refractivity contribution in [3.63, 3.8) is 0 Å². The molecule has 0 saturated heterocycles. The van der Waals surface area contributed by atoms with Crippen molar-refractivity contribution >= 4 is 5.71 Å². The van der Waals surface area contributed by atoms with Crippen LogP contribution in [0.4, 0.5) is 0 Å². The first kappa shape index (κ1) is 9.76. The van der Waals surface area contributed by atoms with Crippen LogP contribution >= 0.6 is 0 Å². The summed E-state index contributed by atoms with van der Waals surface area (Å²) in [6.07, 6.45) is 2.38. The zero-order valence-corrected chi connectivity index (χ0v) is 9.02. The van der Waals surface area contributed by atoms with Crippen molar-refractivity contribution < 1.29 is 0 Å². The van der Waals surface area contributed by atoms with Gasteiger partial charge in [0.15, 0.2) is 0 Å². The topological polar surface area (TPSA) is 12.4 Å². The Kier molecular flexibility index (Phi) is 2.60. The lowest BCUT2D eigenvalue weighted by Gasteiger charge is -2.19. The minimum Gasteiger partial charge on any atom is -0.288 e. The van der Waals surface area contributed by atoms with Gasteiger partial charge in [0.05, 0.1) is 5.54 Å². The van der Waals surface area contributed by atoms with Crippen LogP contribution in [0.1, 0.15) is 47.5 Å². The molecule has 0 fully saturated rings. The fraction of sp³-hybridized carbons (Fsp3) is 0.909. The first-order valence-corrected chi connectivity index (χ1v) is 5.05. The van der Waals surface area contributed by atoms with Crippen LogP contribution in [0.5, 0.6) is 0 Å². The smallest absolute Gasteiger partial charge is 0.0558 e. The molecular formula is C11H21N. The summed E-state index contributed by atoms with van der Waals surface area (Å²) in [4.78, 5) is 4.76. The highest BCUT2D eigenvalue weighted by Gasteiger charge is 2.33. The molecule has 1 aliphatic heterocycles. The number of nitrogens with zero attached hydrogens (tertiary/aromatic N) is 1. The third-order valence-corrected chi connectivity index (χ3v) is 2.76. The highest BCUT2D eigenvalue weighted by atomic mass is 14.9. The molecule has 1 heterocycles. The van der Waals surface area contributed by atoms with Gasteiger partial charge in [-0.2, -0.15) is 0 Å². The Balaban J connectivity index is 2.77. The van der Waals surface area contributed by atoms with Gasteiger partial charge < -0.3 is 0 Å². The molecule has 70 valence electrons. The molecule has 1 rings (SSSR count). The van der Waals surface area contributed by atoms with Gasteiger partial charge in [-0.3, -0.25) is 4.99 Å². The Bertz CT molecular complexity index is 189. The molecule has 0 bridgehead atoms. The maximum Gasteiger partial charge on any atom is 0.0558 e. The monoisotopic (exact) mass is 167 g/mol. The zero-order valence-electron chi connectivity index (χ0n) is 9.02. The van der Waals surface area contributed by atoms with Gasteiger partial charge in [-0.1, -0.05) is 20.8 Å². The van der Waals surface area contributed by atoms with E-state index >= 15 is 0 Å². The van der Waals surface area contributed by atoms with Crippen molar-refractivity contribution in [3.05, 3.63) is 0 Å². The summed E-state index contributed by atoms with van der Waals surface area (Å²) in [5, 5.41) is 0. The summed E-state index contributed by atoms with van der Waals surface area (Å²) in [7, 11) is 0. The molecule has 0 radical (unpaired) electrons. The summed E-state index contributed by atoms with van der Waals surface area (Å²) in [6.45, 7) is 11.3. The van der Waals surface area contributed by atoms with E-state index in [4.69, 9.17) is 4.99 Å². The van der Waals surface area contributed by atoms with E-state index in [1.807, 2.05) is 0 Å². The minimum atomic E-state index is 0.209. The molecule has 1 unspecified atom stereocenters. The van der Waals surface area contributed by atoms with Crippen LogP contribution in [0.25, 0.3) is 0 Å². The Morgan fingerprint density at radius 1 is 1.50 bits per heavy atom. The van der Waals surface area contributed by atoms with Crippen LogP contribution in [-0.4, -0.2) is 11.3 Å². The van der Waals surface area contributed by atoms with E-state index in [1.165, 1.54) is 12.1 Å². The van der Waals surface area contributed by atoms with Gasteiger partial charge in [-0.05, 0) is 32.6 Å². The quantitative estimate of drug-likeness (QED) is 0.598. The fourth-order valence-electron chi connectivity index (χ4n) is 2.14. The lowest BCUT2D eigenvalue weighted by atomic mass is 9.84. The first-order chi connectivity index (χ1) is 5.46. The van der Waals surface area contributed by atoms with Crippen molar-refractivity contribution in [3.8, 4) is 0 Å². The molecule has 12 heavy (non-hydrogen) atoms. The zero-order chi connectivity index (χ0) is 9.35. The lowest BCUT2D eigenvalue weighted by molar-refractivity contribution is 0.397. The molecule has 0 aromatic heterocycles. The molecular weight excluding hydrogens is 146 g/mol. The lowest BCUT2D eigenvalue weighted by Crippen LogP contribution is -2.19. The molecule has 1 atom stereocenters. The second-order valence-electron chi connectivity index (χ2n) is 4.82. The van der Waals surface area contributed by atoms with Gasteiger partial charge in [-0.25, -0.2) is 0 Å². The van der Waals surface area contributed by atoms with E-state index in [-0.39, 0.29) is 5.54 Å². The highest BCUT2D eigenvalue weighted by Crippen LogP contribution is 2.34. The number of aliphatic imine (C=N–C) groups is 1. The third kappa shape index (κ3) is 1.88. The Morgan fingerprint density at radius 3 is 2.42 bits per heavy atom. The Labute approximate surface area is 76.3 Å². The second kappa shape index (κ2) is 3.20. The third-order valence-electron chi connectivity index (χ3n) is 2.76. The molecule has 0 aromatic rings. The first-order valence-electron chi connectivity index (χ1n) is 5.05. The van der Waals surface area contributed by atoms with Crippen LogP contribution in [-0.2, 0) is 0 Å². The molecule has 0 spiro atoms. The van der Waals surface area contributed by atoms with E-state index in [1.54, 1.807) is 0 Å². The summed E-state index contributed by atoms with van der Waals surface area (Å²) in [5.74, 6) is 1.50. The number of hydrogen-bond acceptors (Lipinski definition) is 1. The largest absolute Gasteiger partial charge is 0.288 e. The maximum absolute atomic E-state index is 4.76. The predicted octanol–water partition coefficient (Wildman–Crippen LogP) is 3.29. The summed E-state index contributed by atoms with van der Waals surface area (Å²) in [5.41, 5.74) is 1.65. The second-order valence-corrected chi connectivity index (χ2v) is 4.82. The van der Waals surface area contributed by atoms with E-state index in [2.05, 4.69) is 34.6 Å². The normalized spacial score (nSPS) is 27.8. The summed E-state index contributed by atoms with van der Waals surface area (Å²) in [6, 6.07) is 0. The van der Waals surface area contributed by atoms with Gasteiger partial charge in [0.1, 0.15) is 0 Å². The standard InChI is InChI=1S/C11H21N/c1-6-10-9(8(2)3)7-11(4,5)12-10/h8-9H,6-7H2,1-5H3. The van der Waals surface area contributed by atoms with Gasteiger partial charge in [-0.15, -0.1) is 0 Å². The number of rotatable bonds is 2. The van der Waals surface area contributed by atoms with E-state index < -0.39 is 0 Å². The van der Waals surface area contributed by atoms with Crippen molar-refractivity contribution in [2.45, 2.75) is 53.0 Å². The molecule has 0 aliphatic carbocycles. The van der Waals surface area contributed by atoms with Gasteiger partial charge in [0, 0.05) is 11.6 Å². The average Bonchev–Trinajstić information content (AvgIpc) is 2.25. The highest BCUT2D eigenvalue weighted by molar-refractivity contribution is 5.88. The van der Waals surface area contributed by atoms with Crippen LogP contribution < -0.4 is 0 Å². The van der Waals surface area contributed by atoms with Crippen LogP contribution in [0.3, 0.4) is 0 Å². The summed E-state index contributed by atoms with van der Waals surface area (Å²) >= 11 is 0. The van der Waals surface area contributed by atoms with Crippen molar-refractivity contribution in [1.29, 1.82) is 0 Å². The van der Waals surface area contributed by atoms with Crippen molar-refractivity contribution in [2.75, 3.05) is 0 Å². The van der Waals surface area contributed by atoms with Gasteiger partial charge in [0.2, 0.25) is 0 Å². The van der Waals surface area contributed by atoms with Crippen LogP contribution in [0.15, 0.2) is 4.99 Å². The van der Waals surface area contributed by atoms with E-state index in [0.29, 0.717) is 0 Å². The average molecular weight is 167 g/mol. The van der Waals surface area contributed by atoms with Crippen molar-refractivity contribution in [1.82, 2.24) is 0 Å². The fourth-order valence-corrected chi connectivity index (χ4v) is 2.14.